The maximum atomic E-state index is 9.95. The van der Waals surface area contributed by atoms with Gasteiger partial charge in [-0.3, -0.25) is 4.98 Å². The molecule has 0 unspecified atom stereocenters. The van der Waals surface area contributed by atoms with Crippen molar-refractivity contribution in [2.24, 2.45) is 0 Å². The van der Waals surface area contributed by atoms with Gasteiger partial charge in [-0.2, -0.15) is 5.26 Å². The monoisotopic (exact) mass is 368 g/mol. The van der Waals surface area contributed by atoms with E-state index in [1.807, 2.05) is 61.7 Å². The number of nitriles is 1. The van der Waals surface area contributed by atoms with E-state index in [4.69, 9.17) is 4.74 Å². The van der Waals surface area contributed by atoms with Crippen molar-refractivity contribution < 1.29 is 4.74 Å². The maximum Gasteiger partial charge on any atom is 0.162 e. The minimum absolute atomic E-state index is 0.464. The summed E-state index contributed by atoms with van der Waals surface area (Å²) in [6, 6.07) is 18.1. The molecule has 5 nitrogen and oxygen atoms in total. The van der Waals surface area contributed by atoms with E-state index in [9.17, 15) is 5.26 Å². The average Bonchev–Trinajstić information content (AvgIpc) is 3.21. The molecule has 0 spiro atoms. The molecule has 28 heavy (non-hydrogen) atoms. The van der Waals surface area contributed by atoms with E-state index in [0.717, 1.165) is 27.7 Å². The Morgan fingerprint density at radius 1 is 1.14 bits per heavy atom. The molecule has 0 aliphatic rings. The van der Waals surface area contributed by atoms with Gasteiger partial charge in [-0.05, 0) is 37.6 Å². The van der Waals surface area contributed by atoms with Crippen molar-refractivity contribution in [3.8, 4) is 23.1 Å². The van der Waals surface area contributed by atoms with Gasteiger partial charge in [-0.15, -0.1) is 0 Å². The molecule has 0 aliphatic heterocycles. The number of rotatable bonds is 5. The molecular weight excluding hydrogens is 348 g/mol. The van der Waals surface area contributed by atoms with Gasteiger partial charge in [0, 0.05) is 28.4 Å². The van der Waals surface area contributed by atoms with Gasteiger partial charge in [0.15, 0.2) is 5.75 Å². The highest BCUT2D eigenvalue weighted by atomic mass is 16.5. The van der Waals surface area contributed by atoms with E-state index in [-0.39, 0.29) is 0 Å². The number of nitrogens with zero attached hydrogens (tertiary/aromatic N) is 2. The number of ether oxygens (including phenoxy) is 1. The van der Waals surface area contributed by atoms with Crippen molar-refractivity contribution in [1.29, 1.82) is 5.26 Å². The summed E-state index contributed by atoms with van der Waals surface area (Å²) < 4.78 is 5.77. The van der Waals surface area contributed by atoms with Crippen LogP contribution in [0.2, 0.25) is 0 Å². The quantitative estimate of drug-likeness (QED) is 0.484. The number of fused-ring (bicyclic) bond motifs is 1. The van der Waals surface area contributed by atoms with Crippen molar-refractivity contribution in [1.82, 2.24) is 9.97 Å². The molecule has 0 radical (unpaired) electrons. The van der Waals surface area contributed by atoms with E-state index < -0.39 is 0 Å². The number of nitrogens with one attached hydrogen (secondary N) is 2. The summed E-state index contributed by atoms with van der Waals surface area (Å²) in [4.78, 5) is 7.73. The summed E-state index contributed by atoms with van der Waals surface area (Å²) in [6.07, 6.45) is 3.60. The Bertz CT molecular complexity index is 1170. The lowest BCUT2D eigenvalue weighted by molar-refractivity contribution is 0.340. The van der Waals surface area contributed by atoms with Gasteiger partial charge >= 0.3 is 0 Å². The number of anilines is 2. The molecule has 0 bridgehead atoms. The Balaban J connectivity index is 1.88. The van der Waals surface area contributed by atoms with Gasteiger partial charge in [-0.1, -0.05) is 30.3 Å². The SMILES string of the molecule is CCOc1cnc(-c2ccccc2)c(C#N)c1Nc1ccc2[nH]ccc2c1C. The minimum atomic E-state index is 0.464. The summed E-state index contributed by atoms with van der Waals surface area (Å²) >= 11 is 0. The second-order valence-corrected chi connectivity index (χ2v) is 6.43. The predicted molar refractivity (Wildman–Crippen MR) is 112 cm³/mol. The van der Waals surface area contributed by atoms with Gasteiger partial charge in [-0.25, -0.2) is 0 Å². The van der Waals surface area contributed by atoms with Gasteiger partial charge in [0.2, 0.25) is 0 Å². The van der Waals surface area contributed by atoms with Crippen LogP contribution in [-0.2, 0) is 0 Å². The van der Waals surface area contributed by atoms with Crippen molar-refractivity contribution in [3.63, 3.8) is 0 Å². The summed E-state index contributed by atoms with van der Waals surface area (Å²) in [5.41, 5.74) is 5.73. The number of benzene rings is 2. The number of H-pyrrole nitrogens is 1. The fourth-order valence-electron chi connectivity index (χ4n) is 3.36. The molecule has 5 heteroatoms. The van der Waals surface area contributed by atoms with Crippen LogP contribution >= 0.6 is 0 Å². The number of aromatic nitrogens is 2. The minimum Gasteiger partial charge on any atom is -0.490 e. The standard InChI is InChI=1S/C23H20N4O/c1-3-28-21-14-26-22(16-7-5-4-6-8-16)18(13-24)23(21)27-19-9-10-20-17(15(19)2)11-12-25-20/h4-12,14,25H,3H2,1-2H3,(H,26,27). The Kier molecular flexibility index (Phi) is 4.69. The van der Waals surface area contributed by atoms with Crippen molar-refractivity contribution >= 4 is 22.3 Å². The number of aromatic amines is 1. The molecule has 2 heterocycles. The summed E-state index contributed by atoms with van der Waals surface area (Å²) in [7, 11) is 0. The highest BCUT2D eigenvalue weighted by molar-refractivity contribution is 5.90. The number of hydrogen-bond donors (Lipinski definition) is 2. The van der Waals surface area contributed by atoms with Crippen LogP contribution in [0.5, 0.6) is 5.75 Å². The first-order valence-electron chi connectivity index (χ1n) is 9.18. The Morgan fingerprint density at radius 3 is 2.71 bits per heavy atom. The molecule has 138 valence electrons. The molecule has 2 aromatic heterocycles. The van der Waals surface area contributed by atoms with E-state index in [1.54, 1.807) is 6.20 Å². The summed E-state index contributed by atoms with van der Waals surface area (Å²) in [6.45, 7) is 4.46. The average molecular weight is 368 g/mol. The highest BCUT2D eigenvalue weighted by Crippen LogP contribution is 2.37. The zero-order valence-corrected chi connectivity index (χ0v) is 15.8. The molecule has 2 N–H and O–H groups in total. The molecule has 0 amide bonds. The third-order valence-electron chi connectivity index (χ3n) is 4.77. The fraction of sp³-hybridized carbons (Fsp3) is 0.130. The molecule has 4 aromatic rings. The Hall–Kier alpha value is -3.78. The third-order valence-corrected chi connectivity index (χ3v) is 4.77. The Labute approximate surface area is 163 Å². The molecule has 0 fully saturated rings. The van der Waals surface area contributed by atoms with E-state index >= 15 is 0 Å². The number of aryl methyl sites for hydroxylation is 1. The van der Waals surface area contributed by atoms with Gasteiger partial charge in [0.05, 0.1) is 18.5 Å². The normalized spacial score (nSPS) is 10.6. The zero-order chi connectivity index (χ0) is 19.5. The molecule has 2 aromatic carbocycles. The number of hydrogen-bond acceptors (Lipinski definition) is 4. The topological polar surface area (TPSA) is 73.7 Å². The van der Waals surface area contributed by atoms with Crippen molar-refractivity contribution in [2.75, 3.05) is 11.9 Å². The zero-order valence-electron chi connectivity index (χ0n) is 15.8. The largest absolute Gasteiger partial charge is 0.490 e. The molecule has 0 saturated carbocycles. The van der Waals surface area contributed by atoms with E-state index in [1.165, 1.54) is 0 Å². The van der Waals surface area contributed by atoms with Crippen LogP contribution in [0.25, 0.3) is 22.2 Å². The van der Waals surface area contributed by atoms with Crippen LogP contribution in [0.4, 0.5) is 11.4 Å². The summed E-state index contributed by atoms with van der Waals surface area (Å²) in [5.74, 6) is 0.562. The molecule has 0 atom stereocenters. The van der Waals surface area contributed by atoms with Crippen LogP contribution in [0.3, 0.4) is 0 Å². The maximum absolute atomic E-state index is 9.95. The first-order chi connectivity index (χ1) is 13.7. The Morgan fingerprint density at radius 2 is 1.96 bits per heavy atom. The van der Waals surface area contributed by atoms with Gasteiger partial charge < -0.3 is 15.0 Å². The molecule has 4 rings (SSSR count). The lowest BCUT2D eigenvalue weighted by Crippen LogP contribution is -2.04. The van der Waals surface area contributed by atoms with Crippen LogP contribution in [-0.4, -0.2) is 16.6 Å². The lowest BCUT2D eigenvalue weighted by atomic mass is 10.0. The second-order valence-electron chi connectivity index (χ2n) is 6.43. The first-order valence-corrected chi connectivity index (χ1v) is 9.18. The van der Waals surface area contributed by atoms with Gasteiger partial charge in [0.25, 0.3) is 0 Å². The van der Waals surface area contributed by atoms with E-state index in [2.05, 4.69) is 28.3 Å². The first kappa shape index (κ1) is 17.6. The lowest BCUT2D eigenvalue weighted by Gasteiger charge is -2.17. The second kappa shape index (κ2) is 7.45. The van der Waals surface area contributed by atoms with Crippen LogP contribution in [0.15, 0.2) is 60.9 Å². The van der Waals surface area contributed by atoms with Crippen LogP contribution < -0.4 is 10.1 Å². The molecular formula is C23H20N4O. The van der Waals surface area contributed by atoms with Crippen molar-refractivity contribution in [2.45, 2.75) is 13.8 Å². The van der Waals surface area contributed by atoms with Gasteiger partial charge in [0.1, 0.15) is 17.3 Å². The van der Waals surface area contributed by atoms with Crippen LogP contribution in [0.1, 0.15) is 18.1 Å². The fourth-order valence-corrected chi connectivity index (χ4v) is 3.36. The smallest absolute Gasteiger partial charge is 0.162 e. The van der Waals surface area contributed by atoms with Crippen LogP contribution in [0, 0.1) is 18.3 Å². The predicted octanol–water partition coefficient (Wildman–Crippen LogP) is 5.55. The molecule has 0 saturated heterocycles. The van der Waals surface area contributed by atoms with E-state index in [0.29, 0.717) is 29.3 Å². The third kappa shape index (κ3) is 3.06. The van der Waals surface area contributed by atoms with Crippen molar-refractivity contribution in [3.05, 3.63) is 72.1 Å². The molecule has 0 aliphatic carbocycles. The highest BCUT2D eigenvalue weighted by Gasteiger charge is 2.18. The summed E-state index contributed by atoms with van der Waals surface area (Å²) in [5, 5.41) is 14.5. The number of pyridine rings is 1.